The Morgan fingerprint density at radius 2 is 1.69 bits per heavy atom. The van der Waals surface area contributed by atoms with Crippen LogP contribution in [0.5, 0.6) is 5.75 Å². The van der Waals surface area contributed by atoms with Crippen LogP contribution in [0.25, 0.3) is 33.2 Å². The van der Waals surface area contributed by atoms with Gasteiger partial charge in [-0.05, 0) is 65.6 Å². The number of likely N-dealkylation sites (N-methyl/N-ethyl adjacent to an activating group) is 1. The van der Waals surface area contributed by atoms with Crippen molar-refractivity contribution in [3.63, 3.8) is 0 Å². The summed E-state index contributed by atoms with van der Waals surface area (Å²) in [5.74, 6) is -0.913. The molecule has 1 aliphatic rings. The molecule has 1 unspecified atom stereocenters. The molecule has 1 atom stereocenters. The van der Waals surface area contributed by atoms with Crippen LogP contribution in [0, 0.1) is 0 Å². The van der Waals surface area contributed by atoms with E-state index in [-0.39, 0.29) is 6.61 Å². The van der Waals surface area contributed by atoms with Gasteiger partial charge >= 0.3 is 5.97 Å². The van der Waals surface area contributed by atoms with Crippen LogP contribution in [0.4, 0.5) is 0 Å². The molecule has 7 nitrogen and oxygen atoms in total. The average Bonchev–Trinajstić information content (AvgIpc) is 3.48. The molecule has 4 aromatic carbocycles. The van der Waals surface area contributed by atoms with Crippen LogP contribution in [-0.2, 0) is 24.5 Å². The molecular formula is C38H41N3O4. The van der Waals surface area contributed by atoms with Crippen LogP contribution < -0.4 is 10.5 Å². The molecule has 3 N–H and O–H groups in total. The van der Waals surface area contributed by atoms with Gasteiger partial charge in [0, 0.05) is 61.3 Å². The number of para-hydroxylation sites is 1. The van der Waals surface area contributed by atoms with Crippen molar-refractivity contribution in [1.29, 1.82) is 0 Å². The lowest BCUT2D eigenvalue weighted by Gasteiger charge is -2.32. The van der Waals surface area contributed by atoms with Gasteiger partial charge in [0.1, 0.15) is 17.9 Å². The van der Waals surface area contributed by atoms with Crippen molar-refractivity contribution < 1.29 is 19.1 Å². The van der Waals surface area contributed by atoms with Crippen molar-refractivity contribution in [3.8, 4) is 28.0 Å². The van der Waals surface area contributed by atoms with Gasteiger partial charge in [-0.25, -0.2) is 0 Å². The number of ether oxygens (including phenoxy) is 1. The Morgan fingerprint density at radius 3 is 2.42 bits per heavy atom. The summed E-state index contributed by atoms with van der Waals surface area (Å²) in [6.07, 6.45) is 2.24. The highest BCUT2D eigenvalue weighted by atomic mass is 16.5. The molecule has 2 heterocycles. The minimum absolute atomic E-state index is 0.246. The molecule has 0 spiro atoms. The molecule has 0 aliphatic carbocycles. The lowest BCUT2D eigenvalue weighted by molar-refractivity contribution is -0.138. The Kier molecular flexibility index (Phi) is 9.31. The number of fused-ring (bicyclic) bond motifs is 1. The van der Waals surface area contributed by atoms with Crippen molar-refractivity contribution in [2.45, 2.75) is 39.0 Å². The highest BCUT2D eigenvalue weighted by molar-refractivity contribution is 5.98. The summed E-state index contributed by atoms with van der Waals surface area (Å²) in [4.78, 5) is 16.8. The highest BCUT2D eigenvalue weighted by Crippen LogP contribution is 2.38. The summed E-state index contributed by atoms with van der Waals surface area (Å²) < 4.78 is 12.5. The van der Waals surface area contributed by atoms with E-state index in [9.17, 15) is 9.90 Å². The number of furan rings is 1. The zero-order valence-corrected chi connectivity index (χ0v) is 26.0. The quantitative estimate of drug-likeness (QED) is 0.166. The predicted molar refractivity (Wildman–Crippen MR) is 179 cm³/mol. The number of nitrogens with zero attached hydrogens (tertiary/aromatic N) is 2. The number of hydrogen-bond donors (Lipinski definition) is 2. The van der Waals surface area contributed by atoms with Gasteiger partial charge < -0.3 is 24.9 Å². The predicted octanol–water partition coefficient (Wildman–Crippen LogP) is 7.13. The van der Waals surface area contributed by atoms with Gasteiger partial charge in [-0.15, -0.1) is 0 Å². The summed E-state index contributed by atoms with van der Waals surface area (Å²) in [6, 6.07) is 28.9. The lowest BCUT2D eigenvalue weighted by atomic mass is 9.94. The summed E-state index contributed by atoms with van der Waals surface area (Å²) in [5, 5.41) is 10.7. The number of nitrogens with two attached hydrogens (primary N) is 1. The first-order valence-corrected chi connectivity index (χ1v) is 15.7. The van der Waals surface area contributed by atoms with Crippen LogP contribution in [0.15, 0.2) is 95.6 Å². The van der Waals surface area contributed by atoms with E-state index in [4.69, 9.17) is 14.9 Å². The van der Waals surface area contributed by atoms with E-state index < -0.39 is 11.9 Å². The Morgan fingerprint density at radius 1 is 0.911 bits per heavy atom. The molecule has 45 heavy (non-hydrogen) atoms. The maximum atomic E-state index is 11.9. The summed E-state index contributed by atoms with van der Waals surface area (Å²) >= 11 is 0. The van der Waals surface area contributed by atoms with E-state index in [1.807, 2.05) is 43.3 Å². The smallest absolute Gasteiger partial charge is 0.311 e. The van der Waals surface area contributed by atoms with Gasteiger partial charge in [0.25, 0.3) is 0 Å². The molecule has 0 saturated carbocycles. The van der Waals surface area contributed by atoms with Crippen molar-refractivity contribution in [3.05, 3.63) is 113 Å². The Labute approximate surface area is 264 Å². The third-order valence-corrected chi connectivity index (χ3v) is 8.90. The molecule has 5 aromatic rings. The minimum atomic E-state index is -0.856. The molecule has 1 aliphatic heterocycles. The van der Waals surface area contributed by atoms with Crippen LogP contribution in [0.1, 0.15) is 41.5 Å². The zero-order chi connectivity index (χ0) is 31.3. The van der Waals surface area contributed by atoms with Crippen molar-refractivity contribution in [1.82, 2.24) is 9.80 Å². The fraction of sp³-hybridized carbons (Fsp3) is 0.289. The van der Waals surface area contributed by atoms with Crippen molar-refractivity contribution >= 4 is 16.9 Å². The summed E-state index contributed by atoms with van der Waals surface area (Å²) in [5.41, 5.74) is 15.0. The molecule has 7 heteroatoms. The topological polar surface area (TPSA) is 92.2 Å². The number of carbonyl (C=O) groups is 1. The van der Waals surface area contributed by atoms with Gasteiger partial charge in [0.05, 0.1) is 12.2 Å². The van der Waals surface area contributed by atoms with E-state index in [0.29, 0.717) is 24.3 Å². The Balaban J connectivity index is 1.35. The van der Waals surface area contributed by atoms with Crippen molar-refractivity contribution in [2.24, 2.45) is 5.73 Å². The number of rotatable bonds is 11. The standard InChI is InChI=1S/C38H41N3O4/c1-3-32(38(42)43)33-9-4-5-10-36(33)44-24-31-25-45-37-34(20-30(21-35(31)37)29-8-6-7-27(19-29)22-39)28-13-11-26(12-14-28)23-41-17-15-40(2)16-18-41/h4-14,19-21,25,32H,3,15-18,22-24,39H2,1-2H3,(H,42,43). The molecular weight excluding hydrogens is 562 g/mol. The SMILES string of the molecule is CCC(C(=O)O)c1ccccc1OCc1coc2c(-c3ccc(CN4CCN(C)CC4)cc3)cc(-c3cccc(CN)c3)cc12. The summed E-state index contributed by atoms with van der Waals surface area (Å²) in [7, 11) is 2.18. The van der Waals surface area contributed by atoms with Gasteiger partial charge in [-0.1, -0.05) is 67.6 Å². The molecule has 1 fully saturated rings. The van der Waals surface area contributed by atoms with Crippen LogP contribution in [0.3, 0.4) is 0 Å². The Bertz CT molecular complexity index is 1770. The van der Waals surface area contributed by atoms with Gasteiger partial charge in [-0.2, -0.15) is 0 Å². The fourth-order valence-electron chi connectivity index (χ4n) is 6.20. The zero-order valence-electron chi connectivity index (χ0n) is 26.0. The molecule has 0 radical (unpaired) electrons. The first-order valence-electron chi connectivity index (χ1n) is 15.7. The second kappa shape index (κ2) is 13.7. The summed E-state index contributed by atoms with van der Waals surface area (Å²) in [6.45, 7) is 7.90. The molecule has 6 rings (SSSR count). The monoisotopic (exact) mass is 603 g/mol. The highest BCUT2D eigenvalue weighted by Gasteiger charge is 2.22. The van der Waals surface area contributed by atoms with Gasteiger partial charge in [0.2, 0.25) is 0 Å². The van der Waals surface area contributed by atoms with E-state index in [2.05, 4.69) is 65.4 Å². The minimum Gasteiger partial charge on any atom is -0.488 e. The van der Waals surface area contributed by atoms with E-state index >= 15 is 0 Å². The van der Waals surface area contributed by atoms with Crippen LogP contribution in [0.2, 0.25) is 0 Å². The Hall–Kier alpha value is -4.43. The lowest BCUT2D eigenvalue weighted by Crippen LogP contribution is -2.43. The number of aliphatic carboxylic acids is 1. The second-order valence-electron chi connectivity index (χ2n) is 12.0. The number of carboxylic acids is 1. The van der Waals surface area contributed by atoms with Crippen molar-refractivity contribution in [2.75, 3.05) is 33.2 Å². The number of carboxylic acid groups (broad SMARTS) is 1. The van der Waals surface area contributed by atoms with E-state index in [1.54, 1.807) is 6.26 Å². The van der Waals surface area contributed by atoms with Gasteiger partial charge in [-0.3, -0.25) is 9.69 Å². The van der Waals surface area contributed by atoms with Crippen LogP contribution in [-0.4, -0.2) is 54.1 Å². The third-order valence-electron chi connectivity index (χ3n) is 8.90. The first-order chi connectivity index (χ1) is 21.9. The van der Waals surface area contributed by atoms with Crippen LogP contribution >= 0.6 is 0 Å². The number of benzene rings is 4. The fourth-order valence-corrected chi connectivity index (χ4v) is 6.20. The molecule has 0 bridgehead atoms. The number of hydrogen-bond acceptors (Lipinski definition) is 6. The average molecular weight is 604 g/mol. The molecule has 0 amide bonds. The normalized spacial score (nSPS) is 14.9. The second-order valence-corrected chi connectivity index (χ2v) is 12.0. The third kappa shape index (κ3) is 6.81. The first kappa shape index (κ1) is 30.6. The molecule has 1 saturated heterocycles. The largest absolute Gasteiger partial charge is 0.488 e. The van der Waals surface area contributed by atoms with E-state index in [0.717, 1.165) is 77.1 Å². The maximum Gasteiger partial charge on any atom is 0.311 e. The maximum absolute atomic E-state index is 11.9. The number of piperazine rings is 1. The molecule has 232 valence electrons. The molecule has 1 aromatic heterocycles. The van der Waals surface area contributed by atoms with Gasteiger partial charge in [0.15, 0.2) is 0 Å². The van der Waals surface area contributed by atoms with E-state index in [1.165, 1.54) is 5.56 Å².